The number of halogens is 1. The lowest BCUT2D eigenvalue weighted by Gasteiger charge is -2.15. The first-order valence-electron chi connectivity index (χ1n) is 6.98. The van der Waals surface area contributed by atoms with E-state index in [1.54, 1.807) is 0 Å². The quantitative estimate of drug-likeness (QED) is 0.898. The van der Waals surface area contributed by atoms with E-state index in [2.05, 4.69) is 10.2 Å². The molecule has 1 aliphatic heterocycles. The van der Waals surface area contributed by atoms with Crippen molar-refractivity contribution < 1.29 is 9.18 Å². The van der Waals surface area contributed by atoms with Crippen LogP contribution in [0.15, 0.2) is 24.3 Å². The third kappa shape index (κ3) is 3.32. The van der Waals surface area contributed by atoms with Gasteiger partial charge in [0.05, 0.1) is 6.54 Å². The van der Waals surface area contributed by atoms with Crippen molar-refractivity contribution in [2.45, 2.75) is 31.2 Å². The predicted molar refractivity (Wildman–Crippen MR) is 71.4 cm³/mol. The first kappa shape index (κ1) is 12.6. The Labute approximate surface area is 112 Å². The minimum absolute atomic E-state index is 0.141. The van der Waals surface area contributed by atoms with Crippen LogP contribution in [0, 0.1) is 5.82 Å². The predicted octanol–water partition coefficient (Wildman–Crippen LogP) is 1.89. The van der Waals surface area contributed by atoms with Crippen LogP contribution in [0.1, 0.15) is 30.7 Å². The molecule has 1 amide bonds. The van der Waals surface area contributed by atoms with Gasteiger partial charge in [-0.3, -0.25) is 9.69 Å². The maximum Gasteiger partial charge on any atom is 0.234 e. The van der Waals surface area contributed by atoms with Crippen molar-refractivity contribution in [1.29, 1.82) is 0 Å². The summed E-state index contributed by atoms with van der Waals surface area (Å²) in [4.78, 5) is 13.9. The van der Waals surface area contributed by atoms with Crippen molar-refractivity contribution in [3.8, 4) is 0 Å². The molecule has 4 heteroatoms. The normalized spacial score (nSPS) is 23.5. The summed E-state index contributed by atoms with van der Waals surface area (Å²) in [6.07, 6.45) is 3.30. The zero-order valence-electron chi connectivity index (χ0n) is 10.9. The summed E-state index contributed by atoms with van der Waals surface area (Å²) in [6, 6.07) is 7.17. The number of amides is 1. The van der Waals surface area contributed by atoms with Crippen LogP contribution in [0.5, 0.6) is 0 Å². The van der Waals surface area contributed by atoms with E-state index in [9.17, 15) is 9.18 Å². The van der Waals surface area contributed by atoms with Gasteiger partial charge >= 0.3 is 0 Å². The lowest BCUT2D eigenvalue weighted by atomic mass is 9.99. The SMILES string of the molecule is O=C(CN1CCC(c2ccc(F)cc2)C1)NC1CC1. The smallest absolute Gasteiger partial charge is 0.234 e. The minimum Gasteiger partial charge on any atom is -0.352 e. The molecule has 2 aliphatic rings. The Hall–Kier alpha value is -1.42. The van der Waals surface area contributed by atoms with Gasteiger partial charge in [0.1, 0.15) is 5.82 Å². The molecule has 1 aromatic carbocycles. The van der Waals surface area contributed by atoms with Gasteiger partial charge in [0.2, 0.25) is 5.91 Å². The molecular formula is C15H19FN2O. The second-order valence-electron chi connectivity index (χ2n) is 5.61. The number of hydrogen-bond acceptors (Lipinski definition) is 2. The third-order valence-corrected chi connectivity index (χ3v) is 3.92. The standard InChI is InChI=1S/C15H19FN2O/c16-13-3-1-11(2-4-13)12-7-8-18(9-12)10-15(19)17-14-5-6-14/h1-4,12,14H,5-10H2,(H,17,19). The Kier molecular flexibility index (Phi) is 3.51. The molecule has 1 saturated carbocycles. The van der Waals surface area contributed by atoms with Gasteiger partial charge in [0.25, 0.3) is 0 Å². The second kappa shape index (κ2) is 5.29. The van der Waals surface area contributed by atoms with Crippen molar-refractivity contribution in [2.24, 2.45) is 0 Å². The summed E-state index contributed by atoms with van der Waals surface area (Å²) < 4.78 is 12.9. The zero-order valence-corrected chi connectivity index (χ0v) is 10.9. The monoisotopic (exact) mass is 262 g/mol. The van der Waals surface area contributed by atoms with E-state index < -0.39 is 0 Å². The van der Waals surface area contributed by atoms with Crippen molar-refractivity contribution >= 4 is 5.91 Å². The molecule has 1 saturated heterocycles. The molecule has 0 radical (unpaired) electrons. The maximum absolute atomic E-state index is 12.9. The Balaban J connectivity index is 1.51. The number of nitrogens with one attached hydrogen (secondary N) is 1. The molecule has 0 aromatic heterocycles. The van der Waals surface area contributed by atoms with Gasteiger partial charge in [0, 0.05) is 12.6 Å². The molecule has 2 fully saturated rings. The molecule has 19 heavy (non-hydrogen) atoms. The highest BCUT2D eigenvalue weighted by molar-refractivity contribution is 5.78. The molecule has 102 valence electrons. The van der Waals surface area contributed by atoms with Gasteiger partial charge in [-0.05, 0) is 49.4 Å². The fourth-order valence-corrected chi connectivity index (χ4v) is 2.69. The van der Waals surface area contributed by atoms with Gasteiger partial charge < -0.3 is 5.32 Å². The van der Waals surface area contributed by atoms with Gasteiger partial charge in [-0.15, -0.1) is 0 Å². The molecule has 3 nitrogen and oxygen atoms in total. The summed E-state index contributed by atoms with van der Waals surface area (Å²) in [7, 11) is 0. The summed E-state index contributed by atoms with van der Waals surface area (Å²) in [6.45, 7) is 2.33. The van der Waals surface area contributed by atoms with Gasteiger partial charge in [-0.1, -0.05) is 12.1 Å². The van der Waals surface area contributed by atoms with Crippen LogP contribution in [-0.4, -0.2) is 36.5 Å². The van der Waals surface area contributed by atoms with Crippen LogP contribution in [0.3, 0.4) is 0 Å². The fourth-order valence-electron chi connectivity index (χ4n) is 2.69. The molecule has 1 heterocycles. The first-order chi connectivity index (χ1) is 9.20. The Morgan fingerprint density at radius 2 is 2.00 bits per heavy atom. The molecule has 1 atom stereocenters. The molecule has 1 unspecified atom stereocenters. The lowest BCUT2D eigenvalue weighted by Crippen LogP contribution is -2.37. The Bertz CT molecular complexity index is 456. The fraction of sp³-hybridized carbons (Fsp3) is 0.533. The summed E-state index contributed by atoms with van der Waals surface area (Å²) in [5, 5.41) is 3.01. The number of nitrogens with zero attached hydrogens (tertiary/aromatic N) is 1. The number of benzene rings is 1. The number of rotatable bonds is 4. The maximum atomic E-state index is 12.9. The number of carbonyl (C=O) groups excluding carboxylic acids is 1. The molecular weight excluding hydrogens is 243 g/mol. The largest absolute Gasteiger partial charge is 0.352 e. The highest BCUT2D eigenvalue weighted by Crippen LogP contribution is 2.27. The van der Waals surface area contributed by atoms with Crippen LogP contribution in [0.2, 0.25) is 0 Å². The average Bonchev–Trinajstić information content (AvgIpc) is 3.07. The van der Waals surface area contributed by atoms with Crippen molar-refractivity contribution in [3.63, 3.8) is 0 Å². The molecule has 1 aliphatic carbocycles. The summed E-state index contributed by atoms with van der Waals surface area (Å²) in [5.74, 6) is 0.374. The first-order valence-corrected chi connectivity index (χ1v) is 6.98. The van der Waals surface area contributed by atoms with E-state index in [4.69, 9.17) is 0 Å². The number of carbonyl (C=O) groups is 1. The van der Waals surface area contributed by atoms with E-state index in [-0.39, 0.29) is 11.7 Å². The highest BCUT2D eigenvalue weighted by atomic mass is 19.1. The van der Waals surface area contributed by atoms with Gasteiger partial charge in [0.15, 0.2) is 0 Å². The number of hydrogen-bond donors (Lipinski definition) is 1. The third-order valence-electron chi connectivity index (χ3n) is 3.92. The van der Waals surface area contributed by atoms with E-state index in [1.807, 2.05) is 12.1 Å². The van der Waals surface area contributed by atoms with E-state index in [1.165, 1.54) is 17.7 Å². The zero-order chi connectivity index (χ0) is 13.2. The van der Waals surface area contributed by atoms with Gasteiger partial charge in [-0.25, -0.2) is 4.39 Å². The van der Waals surface area contributed by atoms with E-state index in [0.717, 1.165) is 32.4 Å². The second-order valence-corrected chi connectivity index (χ2v) is 5.61. The van der Waals surface area contributed by atoms with Gasteiger partial charge in [-0.2, -0.15) is 0 Å². The van der Waals surface area contributed by atoms with Crippen molar-refractivity contribution in [2.75, 3.05) is 19.6 Å². The molecule has 1 aromatic rings. The van der Waals surface area contributed by atoms with Crippen LogP contribution >= 0.6 is 0 Å². The van der Waals surface area contributed by atoms with Crippen LogP contribution in [0.25, 0.3) is 0 Å². The Morgan fingerprint density at radius 1 is 1.26 bits per heavy atom. The molecule has 3 rings (SSSR count). The Morgan fingerprint density at radius 3 is 2.68 bits per heavy atom. The van der Waals surface area contributed by atoms with Crippen LogP contribution in [0.4, 0.5) is 4.39 Å². The van der Waals surface area contributed by atoms with Crippen molar-refractivity contribution in [3.05, 3.63) is 35.6 Å². The topological polar surface area (TPSA) is 32.3 Å². The van der Waals surface area contributed by atoms with E-state index >= 15 is 0 Å². The van der Waals surface area contributed by atoms with E-state index in [0.29, 0.717) is 18.5 Å². The van der Waals surface area contributed by atoms with Crippen molar-refractivity contribution in [1.82, 2.24) is 10.2 Å². The minimum atomic E-state index is -0.192. The lowest BCUT2D eigenvalue weighted by molar-refractivity contribution is -0.122. The molecule has 0 spiro atoms. The number of likely N-dealkylation sites (tertiary alicyclic amines) is 1. The molecule has 0 bridgehead atoms. The molecule has 1 N–H and O–H groups in total. The summed E-state index contributed by atoms with van der Waals surface area (Å²) in [5.41, 5.74) is 1.17. The van der Waals surface area contributed by atoms with Crippen LogP contribution in [-0.2, 0) is 4.79 Å². The summed E-state index contributed by atoms with van der Waals surface area (Å²) >= 11 is 0. The highest BCUT2D eigenvalue weighted by Gasteiger charge is 2.27. The average molecular weight is 262 g/mol. The van der Waals surface area contributed by atoms with Crippen LogP contribution < -0.4 is 5.32 Å².